The highest BCUT2D eigenvalue weighted by Gasteiger charge is 2.13. The molecule has 0 unspecified atom stereocenters. The molecule has 10 nitrogen and oxygen atoms in total. The molecule has 1 aliphatic rings. The van der Waals surface area contributed by atoms with Gasteiger partial charge >= 0.3 is 5.97 Å². The van der Waals surface area contributed by atoms with Crippen molar-refractivity contribution in [3.8, 4) is 0 Å². The summed E-state index contributed by atoms with van der Waals surface area (Å²) in [5, 5.41) is 19.7. The summed E-state index contributed by atoms with van der Waals surface area (Å²) in [7, 11) is 2.15. The SMILES string of the molecule is CN1CCN(CCn2cc(CCOCC(=O)NCCCCCCC(=O)O)nn2)CC1. The van der Waals surface area contributed by atoms with Crippen LogP contribution in [0, 0.1) is 0 Å². The number of unbranched alkanes of at least 4 members (excludes halogenated alkanes) is 3. The predicted octanol–water partition coefficient (Wildman–Crippen LogP) is 0.236. The smallest absolute Gasteiger partial charge is 0.303 e. The van der Waals surface area contributed by atoms with Crippen molar-refractivity contribution in [3.63, 3.8) is 0 Å². The monoisotopic (exact) mass is 424 g/mol. The van der Waals surface area contributed by atoms with Crippen molar-refractivity contribution in [2.75, 3.05) is 59.5 Å². The van der Waals surface area contributed by atoms with Crippen LogP contribution in [0.3, 0.4) is 0 Å². The maximum Gasteiger partial charge on any atom is 0.303 e. The minimum atomic E-state index is -0.756. The molecular formula is C20H36N6O4. The summed E-state index contributed by atoms with van der Waals surface area (Å²) in [5.41, 5.74) is 0.871. The molecule has 2 rings (SSSR count). The second-order valence-electron chi connectivity index (χ2n) is 7.83. The highest BCUT2D eigenvalue weighted by molar-refractivity contribution is 5.77. The summed E-state index contributed by atoms with van der Waals surface area (Å²) in [6, 6.07) is 0. The number of carboxylic acids is 1. The Morgan fingerprint density at radius 2 is 1.90 bits per heavy atom. The van der Waals surface area contributed by atoms with Crippen molar-refractivity contribution >= 4 is 11.9 Å². The first-order valence-electron chi connectivity index (χ1n) is 10.9. The number of ether oxygens (including phenoxy) is 1. The molecule has 30 heavy (non-hydrogen) atoms. The first-order valence-corrected chi connectivity index (χ1v) is 10.9. The zero-order valence-corrected chi connectivity index (χ0v) is 18.1. The summed E-state index contributed by atoms with van der Waals surface area (Å²) >= 11 is 0. The van der Waals surface area contributed by atoms with E-state index < -0.39 is 5.97 Å². The molecule has 0 atom stereocenters. The zero-order chi connectivity index (χ0) is 21.6. The third kappa shape index (κ3) is 10.7. The fourth-order valence-electron chi connectivity index (χ4n) is 3.25. The minimum absolute atomic E-state index is 0.0383. The summed E-state index contributed by atoms with van der Waals surface area (Å²) < 4.78 is 7.30. The molecule has 1 saturated heterocycles. The zero-order valence-electron chi connectivity index (χ0n) is 18.1. The van der Waals surface area contributed by atoms with Gasteiger partial charge in [-0.3, -0.25) is 19.2 Å². The second-order valence-corrected chi connectivity index (χ2v) is 7.83. The quantitative estimate of drug-likeness (QED) is 0.385. The van der Waals surface area contributed by atoms with Crippen LogP contribution in [0.2, 0.25) is 0 Å². The van der Waals surface area contributed by atoms with E-state index in [1.807, 2.05) is 10.9 Å². The molecule has 0 saturated carbocycles. The van der Waals surface area contributed by atoms with E-state index in [1.165, 1.54) is 0 Å². The fraction of sp³-hybridized carbons (Fsp3) is 0.800. The highest BCUT2D eigenvalue weighted by Crippen LogP contribution is 2.02. The lowest BCUT2D eigenvalue weighted by atomic mass is 10.1. The van der Waals surface area contributed by atoms with Crippen LogP contribution >= 0.6 is 0 Å². The van der Waals surface area contributed by atoms with Gasteiger partial charge in [-0.25, -0.2) is 0 Å². The number of nitrogens with zero attached hydrogens (tertiary/aromatic N) is 5. The van der Waals surface area contributed by atoms with Gasteiger partial charge in [-0.2, -0.15) is 0 Å². The van der Waals surface area contributed by atoms with Gasteiger partial charge in [-0.1, -0.05) is 18.1 Å². The summed E-state index contributed by atoms with van der Waals surface area (Å²) in [6.07, 6.45) is 6.11. The van der Waals surface area contributed by atoms with Crippen molar-refractivity contribution in [3.05, 3.63) is 11.9 Å². The van der Waals surface area contributed by atoms with Gasteiger partial charge in [-0.15, -0.1) is 5.10 Å². The van der Waals surface area contributed by atoms with Crippen molar-refractivity contribution in [1.29, 1.82) is 0 Å². The number of piperazine rings is 1. The Hall–Kier alpha value is -2.04. The molecule has 2 heterocycles. The lowest BCUT2D eigenvalue weighted by Gasteiger charge is -2.32. The van der Waals surface area contributed by atoms with Crippen LogP contribution < -0.4 is 5.32 Å². The van der Waals surface area contributed by atoms with E-state index in [2.05, 4.69) is 32.5 Å². The molecule has 2 N–H and O–H groups in total. The number of amides is 1. The van der Waals surface area contributed by atoms with Crippen molar-refractivity contribution < 1.29 is 19.4 Å². The molecule has 0 radical (unpaired) electrons. The minimum Gasteiger partial charge on any atom is -0.481 e. The van der Waals surface area contributed by atoms with E-state index >= 15 is 0 Å². The van der Waals surface area contributed by atoms with Crippen LogP contribution in [0.1, 0.15) is 37.8 Å². The van der Waals surface area contributed by atoms with Gasteiger partial charge in [0.05, 0.1) is 18.8 Å². The van der Waals surface area contributed by atoms with Crippen molar-refractivity contribution in [1.82, 2.24) is 30.1 Å². The molecule has 1 amide bonds. The van der Waals surface area contributed by atoms with E-state index in [0.717, 1.165) is 64.2 Å². The fourth-order valence-corrected chi connectivity index (χ4v) is 3.25. The molecule has 1 aromatic heterocycles. The van der Waals surface area contributed by atoms with Crippen molar-refractivity contribution in [2.45, 2.75) is 45.1 Å². The molecule has 0 spiro atoms. The number of hydrogen-bond acceptors (Lipinski definition) is 7. The van der Waals surface area contributed by atoms with Crippen molar-refractivity contribution in [2.24, 2.45) is 0 Å². The largest absolute Gasteiger partial charge is 0.481 e. The third-order valence-corrected chi connectivity index (χ3v) is 5.20. The molecule has 1 aliphatic heterocycles. The van der Waals surface area contributed by atoms with E-state index in [-0.39, 0.29) is 18.9 Å². The summed E-state index contributed by atoms with van der Waals surface area (Å²) in [5.74, 6) is -0.884. The second kappa shape index (κ2) is 14.1. The van der Waals surface area contributed by atoms with Gasteiger partial charge in [0.1, 0.15) is 6.61 Å². The average Bonchev–Trinajstić information content (AvgIpc) is 3.17. The first kappa shape index (κ1) is 24.2. The number of carbonyl (C=O) groups excluding carboxylic acids is 1. The van der Waals surface area contributed by atoms with E-state index in [9.17, 15) is 9.59 Å². The summed E-state index contributed by atoms with van der Waals surface area (Å²) in [4.78, 5) is 26.9. The average molecular weight is 425 g/mol. The molecule has 170 valence electrons. The lowest BCUT2D eigenvalue weighted by Crippen LogP contribution is -2.45. The number of aliphatic carboxylic acids is 1. The van der Waals surface area contributed by atoms with Gasteiger partial charge in [-0.05, 0) is 19.9 Å². The topological polar surface area (TPSA) is 113 Å². The Kier molecular flexibility index (Phi) is 11.3. The van der Waals surface area contributed by atoms with E-state index in [0.29, 0.717) is 26.0 Å². The van der Waals surface area contributed by atoms with Gasteiger partial charge in [0, 0.05) is 58.3 Å². The predicted molar refractivity (Wildman–Crippen MR) is 112 cm³/mol. The maximum absolute atomic E-state index is 11.7. The van der Waals surface area contributed by atoms with Crippen LogP contribution in [0.25, 0.3) is 0 Å². The van der Waals surface area contributed by atoms with Gasteiger partial charge < -0.3 is 20.1 Å². The van der Waals surface area contributed by atoms with Crippen LogP contribution in [-0.4, -0.2) is 101 Å². The normalized spacial score (nSPS) is 15.4. The molecule has 1 aromatic rings. The van der Waals surface area contributed by atoms with Crippen LogP contribution in [0.15, 0.2) is 6.20 Å². The van der Waals surface area contributed by atoms with Crippen LogP contribution in [-0.2, 0) is 27.3 Å². The Balaban J connectivity index is 1.46. The number of hydrogen-bond donors (Lipinski definition) is 2. The number of aromatic nitrogens is 3. The molecule has 10 heteroatoms. The maximum atomic E-state index is 11.7. The van der Waals surface area contributed by atoms with Gasteiger partial charge in [0.15, 0.2) is 0 Å². The first-order chi connectivity index (χ1) is 14.5. The van der Waals surface area contributed by atoms with Gasteiger partial charge in [0.2, 0.25) is 5.91 Å². The lowest BCUT2D eigenvalue weighted by molar-refractivity contribution is -0.137. The van der Waals surface area contributed by atoms with Crippen LogP contribution in [0.5, 0.6) is 0 Å². The Labute approximate surface area is 178 Å². The van der Waals surface area contributed by atoms with Gasteiger partial charge in [0.25, 0.3) is 0 Å². The Bertz CT molecular complexity index is 631. The van der Waals surface area contributed by atoms with E-state index in [4.69, 9.17) is 9.84 Å². The number of carboxylic acid groups (broad SMARTS) is 1. The van der Waals surface area contributed by atoms with E-state index in [1.54, 1.807) is 0 Å². The number of likely N-dealkylation sites (N-methyl/N-ethyl adjacent to an activating group) is 1. The molecule has 1 fully saturated rings. The molecule has 0 aromatic carbocycles. The molecular weight excluding hydrogens is 388 g/mol. The Morgan fingerprint density at radius 1 is 1.13 bits per heavy atom. The Morgan fingerprint density at radius 3 is 2.67 bits per heavy atom. The number of carbonyl (C=O) groups is 2. The number of rotatable bonds is 15. The highest BCUT2D eigenvalue weighted by atomic mass is 16.5. The summed E-state index contributed by atoms with van der Waals surface area (Å²) in [6.45, 7) is 7.29. The molecule has 0 bridgehead atoms. The standard InChI is InChI=1S/C20H36N6O4/c1-24-9-11-25(12-10-24)13-14-26-16-18(22-23-26)7-15-30-17-19(27)21-8-5-3-2-4-6-20(28)29/h16H,2-15,17H2,1H3,(H,21,27)(H,28,29). The molecule has 0 aliphatic carbocycles. The van der Waals surface area contributed by atoms with Crippen LogP contribution in [0.4, 0.5) is 0 Å². The third-order valence-electron chi connectivity index (χ3n) is 5.20. The number of nitrogens with one attached hydrogen (secondary N) is 1.